The third kappa shape index (κ3) is 2.34. The predicted octanol–water partition coefficient (Wildman–Crippen LogP) is 4.68. The zero-order valence-corrected chi connectivity index (χ0v) is 12.1. The van der Waals surface area contributed by atoms with Gasteiger partial charge < -0.3 is 5.32 Å². The maximum Gasteiger partial charge on any atom is 0.0992 e. The molecule has 3 rings (SSSR count). The number of halogens is 1. The summed E-state index contributed by atoms with van der Waals surface area (Å²) in [7, 11) is 0. The van der Waals surface area contributed by atoms with Crippen molar-refractivity contribution in [3.05, 3.63) is 50.2 Å². The van der Waals surface area contributed by atoms with Crippen molar-refractivity contribution in [1.29, 1.82) is 5.26 Å². The van der Waals surface area contributed by atoms with E-state index in [-0.39, 0.29) is 0 Å². The van der Waals surface area contributed by atoms with E-state index in [0.29, 0.717) is 11.6 Å². The Balaban J connectivity index is 1.89. The van der Waals surface area contributed by atoms with Crippen molar-refractivity contribution in [3.8, 4) is 6.07 Å². The van der Waals surface area contributed by atoms with E-state index in [1.54, 1.807) is 11.3 Å². The van der Waals surface area contributed by atoms with Gasteiger partial charge in [0.1, 0.15) is 0 Å². The van der Waals surface area contributed by atoms with Gasteiger partial charge >= 0.3 is 0 Å². The van der Waals surface area contributed by atoms with E-state index in [1.807, 2.05) is 18.2 Å². The Labute approximate surface area is 121 Å². The SMILES string of the molecule is Cc1ccc(C#N)cc1NC1CCc2sc(Cl)cc21. The highest BCUT2D eigenvalue weighted by Crippen LogP contribution is 2.41. The monoisotopic (exact) mass is 288 g/mol. The lowest BCUT2D eigenvalue weighted by Gasteiger charge is -2.16. The Morgan fingerprint density at radius 2 is 2.26 bits per heavy atom. The average Bonchev–Trinajstić information content (AvgIpc) is 2.92. The molecule has 2 aromatic rings. The lowest BCUT2D eigenvalue weighted by atomic mass is 10.1. The number of thiophene rings is 1. The van der Waals surface area contributed by atoms with Gasteiger partial charge in [0.25, 0.3) is 0 Å². The van der Waals surface area contributed by atoms with Crippen LogP contribution in [-0.4, -0.2) is 0 Å². The van der Waals surface area contributed by atoms with Crippen molar-refractivity contribution in [2.24, 2.45) is 0 Å². The van der Waals surface area contributed by atoms with E-state index in [2.05, 4.69) is 24.4 Å². The van der Waals surface area contributed by atoms with Gasteiger partial charge in [0, 0.05) is 10.6 Å². The number of nitrogens with zero attached hydrogens (tertiary/aromatic N) is 1. The van der Waals surface area contributed by atoms with Gasteiger partial charge in [-0.25, -0.2) is 0 Å². The molecule has 2 nitrogen and oxygen atoms in total. The fraction of sp³-hybridized carbons (Fsp3) is 0.267. The van der Waals surface area contributed by atoms with E-state index < -0.39 is 0 Å². The Morgan fingerprint density at radius 1 is 1.42 bits per heavy atom. The van der Waals surface area contributed by atoms with Gasteiger partial charge in [0.2, 0.25) is 0 Å². The number of hydrogen-bond donors (Lipinski definition) is 1. The van der Waals surface area contributed by atoms with Crippen molar-refractivity contribution in [1.82, 2.24) is 0 Å². The molecule has 1 aliphatic carbocycles. The molecule has 1 N–H and O–H groups in total. The minimum atomic E-state index is 0.311. The highest BCUT2D eigenvalue weighted by Gasteiger charge is 2.25. The molecule has 19 heavy (non-hydrogen) atoms. The number of aryl methyl sites for hydroxylation is 2. The summed E-state index contributed by atoms with van der Waals surface area (Å²) in [5.41, 5.74) is 4.21. The Hall–Kier alpha value is -1.50. The molecule has 0 bridgehead atoms. The summed E-state index contributed by atoms with van der Waals surface area (Å²) in [5, 5.41) is 12.5. The van der Waals surface area contributed by atoms with E-state index in [0.717, 1.165) is 28.4 Å². The van der Waals surface area contributed by atoms with Gasteiger partial charge in [-0.1, -0.05) is 17.7 Å². The Kier molecular flexibility index (Phi) is 3.22. The van der Waals surface area contributed by atoms with Crippen LogP contribution >= 0.6 is 22.9 Å². The van der Waals surface area contributed by atoms with Crippen LogP contribution in [0.15, 0.2) is 24.3 Å². The van der Waals surface area contributed by atoms with Crippen LogP contribution in [0.25, 0.3) is 0 Å². The van der Waals surface area contributed by atoms with E-state index in [9.17, 15) is 0 Å². The molecule has 0 saturated heterocycles. The van der Waals surface area contributed by atoms with Crippen molar-refractivity contribution < 1.29 is 0 Å². The highest BCUT2D eigenvalue weighted by atomic mass is 35.5. The van der Waals surface area contributed by atoms with Crippen LogP contribution in [0.3, 0.4) is 0 Å². The van der Waals surface area contributed by atoms with Crippen LogP contribution in [0.2, 0.25) is 4.34 Å². The quantitative estimate of drug-likeness (QED) is 0.871. The fourth-order valence-corrected chi connectivity index (χ4v) is 3.87. The molecular weight excluding hydrogens is 276 g/mol. The van der Waals surface area contributed by atoms with E-state index >= 15 is 0 Å². The zero-order valence-electron chi connectivity index (χ0n) is 10.5. The largest absolute Gasteiger partial charge is 0.378 e. The number of anilines is 1. The lowest BCUT2D eigenvalue weighted by Crippen LogP contribution is -2.07. The summed E-state index contributed by atoms with van der Waals surface area (Å²) >= 11 is 7.75. The second-order valence-electron chi connectivity index (χ2n) is 4.81. The first-order valence-electron chi connectivity index (χ1n) is 6.23. The third-order valence-electron chi connectivity index (χ3n) is 3.54. The average molecular weight is 289 g/mol. The fourth-order valence-electron chi connectivity index (χ4n) is 2.51. The second kappa shape index (κ2) is 4.88. The van der Waals surface area contributed by atoms with Gasteiger partial charge in [0.05, 0.1) is 22.0 Å². The smallest absolute Gasteiger partial charge is 0.0992 e. The minimum absolute atomic E-state index is 0.311. The minimum Gasteiger partial charge on any atom is -0.378 e. The predicted molar refractivity (Wildman–Crippen MR) is 79.9 cm³/mol. The summed E-state index contributed by atoms with van der Waals surface area (Å²) in [6, 6.07) is 10.3. The molecular formula is C15H13ClN2S. The first kappa shape index (κ1) is 12.5. The zero-order chi connectivity index (χ0) is 13.4. The standard InChI is InChI=1S/C15H13ClN2S/c1-9-2-3-10(8-17)6-13(9)18-12-4-5-14-11(12)7-15(16)19-14/h2-3,6-7,12,18H,4-5H2,1H3. The molecule has 1 atom stereocenters. The molecule has 0 radical (unpaired) electrons. The molecule has 1 aromatic heterocycles. The number of benzene rings is 1. The van der Waals surface area contributed by atoms with E-state index in [4.69, 9.17) is 16.9 Å². The number of fused-ring (bicyclic) bond motifs is 1. The van der Waals surface area contributed by atoms with Crippen LogP contribution < -0.4 is 5.32 Å². The lowest BCUT2D eigenvalue weighted by molar-refractivity contribution is 0.761. The number of nitrogens with one attached hydrogen (secondary N) is 1. The highest BCUT2D eigenvalue weighted by molar-refractivity contribution is 7.16. The maximum absolute atomic E-state index is 8.98. The molecule has 96 valence electrons. The molecule has 1 aliphatic rings. The first-order chi connectivity index (χ1) is 9.17. The van der Waals surface area contributed by atoms with Gasteiger partial charge in [-0.2, -0.15) is 5.26 Å². The summed E-state index contributed by atoms with van der Waals surface area (Å²) in [4.78, 5) is 1.39. The van der Waals surface area contributed by atoms with Gasteiger partial charge in [0.15, 0.2) is 0 Å². The van der Waals surface area contributed by atoms with E-state index in [1.165, 1.54) is 10.4 Å². The van der Waals surface area contributed by atoms with Crippen LogP contribution in [0.5, 0.6) is 0 Å². The number of rotatable bonds is 2. The van der Waals surface area contributed by atoms with Crippen LogP contribution in [0, 0.1) is 18.3 Å². The summed E-state index contributed by atoms with van der Waals surface area (Å²) in [6.07, 6.45) is 2.18. The second-order valence-corrected chi connectivity index (χ2v) is 6.57. The van der Waals surface area contributed by atoms with Crippen molar-refractivity contribution in [3.63, 3.8) is 0 Å². The van der Waals surface area contributed by atoms with Crippen molar-refractivity contribution in [2.75, 3.05) is 5.32 Å². The van der Waals surface area contributed by atoms with Crippen LogP contribution in [0.4, 0.5) is 5.69 Å². The Bertz CT molecular complexity index is 669. The van der Waals surface area contributed by atoms with Gasteiger partial charge in [-0.15, -0.1) is 11.3 Å². The maximum atomic E-state index is 8.98. The molecule has 1 aromatic carbocycles. The molecule has 0 aliphatic heterocycles. The van der Waals surface area contributed by atoms with Crippen molar-refractivity contribution >= 4 is 28.6 Å². The van der Waals surface area contributed by atoms with Gasteiger partial charge in [-0.3, -0.25) is 0 Å². The Morgan fingerprint density at radius 3 is 3.05 bits per heavy atom. The first-order valence-corrected chi connectivity index (χ1v) is 7.42. The number of hydrogen-bond acceptors (Lipinski definition) is 3. The third-order valence-corrected chi connectivity index (χ3v) is 4.88. The topological polar surface area (TPSA) is 35.8 Å². The molecule has 4 heteroatoms. The van der Waals surface area contributed by atoms with Crippen LogP contribution in [-0.2, 0) is 6.42 Å². The molecule has 0 spiro atoms. The van der Waals surface area contributed by atoms with Crippen molar-refractivity contribution in [2.45, 2.75) is 25.8 Å². The van der Waals surface area contributed by atoms with Gasteiger partial charge in [-0.05, 0) is 49.1 Å². The molecule has 0 amide bonds. The summed E-state index contributed by atoms with van der Waals surface area (Å²) in [5.74, 6) is 0. The van der Waals surface area contributed by atoms with Crippen LogP contribution in [0.1, 0.15) is 34.0 Å². The molecule has 0 fully saturated rings. The molecule has 1 heterocycles. The summed E-state index contributed by atoms with van der Waals surface area (Å²) < 4.78 is 0.860. The summed E-state index contributed by atoms with van der Waals surface area (Å²) in [6.45, 7) is 2.06. The normalized spacial score (nSPS) is 17.0. The number of nitriles is 1. The molecule has 1 unspecified atom stereocenters. The molecule has 0 saturated carbocycles.